The number of ether oxygens (including phenoxy) is 8. The first kappa shape index (κ1) is 48.9. The van der Waals surface area contributed by atoms with Crippen molar-refractivity contribution in [3.8, 4) is 0 Å². The fraction of sp³-hybridized carbons (Fsp3) is 0.782. The minimum absolute atomic E-state index is 0.0164. The predicted molar refractivity (Wildman–Crippen MR) is 259 cm³/mol. The number of hydrogen-bond acceptors (Lipinski definition) is 12. The van der Waals surface area contributed by atoms with Gasteiger partial charge in [-0.05, 0) is 124 Å². The van der Waals surface area contributed by atoms with Crippen molar-refractivity contribution in [2.75, 3.05) is 6.54 Å². The molecule has 2 amide bonds. The van der Waals surface area contributed by atoms with Crippen LogP contribution in [0.3, 0.4) is 0 Å². The van der Waals surface area contributed by atoms with Crippen molar-refractivity contribution in [2.45, 2.75) is 246 Å². The molecule has 0 aliphatic carbocycles. The number of carbonyl (C=O) groups excluding carboxylic acids is 2. The zero-order chi connectivity index (χ0) is 48.5. The van der Waals surface area contributed by atoms with Gasteiger partial charge in [-0.1, -0.05) is 59.9 Å². The molecule has 12 bridgehead atoms. The molecule has 1 N–H and O–H groups in total. The molecule has 20 atom stereocenters. The molecule has 10 saturated heterocycles. The summed E-state index contributed by atoms with van der Waals surface area (Å²) in [5.74, 6) is -1.14. The molecule has 0 saturated carbocycles. The van der Waals surface area contributed by atoms with Crippen molar-refractivity contribution < 1.29 is 57.0 Å². The lowest BCUT2D eigenvalue weighted by molar-refractivity contribution is -0.295. The van der Waals surface area contributed by atoms with Crippen molar-refractivity contribution in [2.24, 2.45) is 17.8 Å². The molecule has 1 aromatic carbocycles. The molecular weight excluding hydrogens is 895 g/mol. The van der Waals surface area contributed by atoms with Crippen LogP contribution >= 0.6 is 0 Å². The van der Waals surface area contributed by atoms with Crippen LogP contribution in [0.5, 0.6) is 0 Å². The number of aliphatic hydroxyl groups excluding tert-OH is 1. The summed E-state index contributed by atoms with van der Waals surface area (Å²) >= 11 is 0. The Hall–Kier alpha value is -2.34. The number of benzene rings is 1. The summed E-state index contributed by atoms with van der Waals surface area (Å²) in [6.45, 7) is 27.0. The summed E-state index contributed by atoms with van der Waals surface area (Å²) in [5, 5.41) is 12.2. The first-order chi connectivity index (χ1) is 32.7. The van der Waals surface area contributed by atoms with E-state index in [0.717, 1.165) is 56.1 Å². The number of hydrogen-bond donors (Lipinski definition) is 1. The van der Waals surface area contributed by atoms with E-state index in [1.807, 2.05) is 0 Å². The van der Waals surface area contributed by atoms with Crippen LogP contribution in [0.15, 0.2) is 48.6 Å². The Labute approximate surface area is 410 Å². The Kier molecular flexibility index (Phi) is 12.7. The van der Waals surface area contributed by atoms with Gasteiger partial charge in [0.05, 0.1) is 78.7 Å². The first-order valence-electron chi connectivity index (χ1n) is 26.7. The number of fused-ring (bicyclic) bond motifs is 7. The summed E-state index contributed by atoms with van der Waals surface area (Å²) in [4.78, 5) is 29.0. The maximum atomic E-state index is 13.8. The minimum atomic E-state index is -2.40. The van der Waals surface area contributed by atoms with E-state index in [4.69, 9.17) is 42.3 Å². The standard InChI is InChI=1S/C55H79NO12Si/c1-29-21-34-15-17-41-30(2)22-36(60-41)19-20-55-28-54(8)50(67-55)49-48(65-54)47(66-55)46-42(64-49)18-16-35(62-46)23-33(57)24-40-32(4)43(63-45(40)26-44(61-34)31(29)3)25-37(68-69(9,10)53(5,6)7)27-56-51(58)38-13-11-12-14-39(38)52(56)59/h11-14,29,32-37,40-50,57H,2-3,15-28H2,1,4-10H3/t29-,32-,33?,34+,35-,36+,37+,40?,41?,42+,43?,44?,45+,46+,47+,48+,49-,50-,54+,55-/m1/s1. The molecule has 10 fully saturated rings. The van der Waals surface area contributed by atoms with Crippen LogP contribution in [-0.4, -0.2) is 140 Å². The highest BCUT2D eigenvalue weighted by Gasteiger charge is 2.73. The van der Waals surface area contributed by atoms with E-state index in [-0.39, 0.29) is 121 Å². The van der Waals surface area contributed by atoms with E-state index in [9.17, 15) is 14.7 Å². The largest absolute Gasteiger partial charge is 0.412 e. The second-order valence-electron chi connectivity index (χ2n) is 24.8. The quantitative estimate of drug-likeness (QED) is 0.166. The summed E-state index contributed by atoms with van der Waals surface area (Å²) in [7, 11) is -2.40. The van der Waals surface area contributed by atoms with Crippen LogP contribution in [0.25, 0.3) is 0 Å². The third-order valence-electron chi connectivity index (χ3n) is 19.0. The lowest BCUT2D eigenvalue weighted by Gasteiger charge is -2.47. The fourth-order valence-electron chi connectivity index (χ4n) is 14.1. The third-order valence-corrected chi connectivity index (χ3v) is 23.5. The molecule has 14 heteroatoms. The Morgan fingerprint density at radius 2 is 1.49 bits per heavy atom. The van der Waals surface area contributed by atoms with Crippen LogP contribution in [0.1, 0.15) is 146 Å². The van der Waals surface area contributed by atoms with E-state index in [0.29, 0.717) is 49.7 Å². The normalized spacial score (nSPS) is 45.9. The van der Waals surface area contributed by atoms with Gasteiger partial charge in [-0.15, -0.1) is 0 Å². The van der Waals surface area contributed by atoms with Crippen molar-refractivity contribution >= 4 is 20.1 Å². The number of aliphatic hydroxyl groups is 1. The van der Waals surface area contributed by atoms with Gasteiger partial charge in [0.2, 0.25) is 0 Å². The molecule has 11 aliphatic rings. The van der Waals surface area contributed by atoms with Gasteiger partial charge in [-0.2, -0.15) is 0 Å². The van der Waals surface area contributed by atoms with E-state index >= 15 is 0 Å². The molecule has 1 aromatic rings. The zero-order valence-corrected chi connectivity index (χ0v) is 43.4. The molecule has 12 rings (SSSR count). The molecule has 11 aliphatic heterocycles. The van der Waals surface area contributed by atoms with Gasteiger partial charge in [0.1, 0.15) is 36.1 Å². The van der Waals surface area contributed by atoms with Crippen LogP contribution in [0.4, 0.5) is 0 Å². The molecule has 11 heterocycles. The van der Waals surface area contributed by atoms with E-state index in [1.165, 1.54) is 4.90 Å². The molecule has 5 unspecified atom stereocenters. The van der Waals surface area contributed by atoms with Crippen LogP contribution < -0.4 is 0 Å². The van der Waals surface area contributed by atoms with Gasteiger partial charge in [0, 0.05) is 25.7 Å². The average Bonchev–Trinajstić information content (AvgIpc) is 3.98. The molecular formula is C55H79NO12Si. The van der Waals surface area contributed by atoms with Gasteiger partial charge in [0.15, 0.2) is 14.1 Å². The summed E-state index contributed by atoms with van der Waals surface area (Å²) in [6.07, 6.45) is 5.59. The van der Waals surface area contributed by atoms with Gasteiger partial charge in [0.25, 0.3) is 11.8 Å². The molecule has 0 aromatic heterocycles. The number of amides is 2. The highest BCUT2D eigenvalue weighted by molar-refractivity contribution is 6.74. The Morgan fingerprint density at radius 1 is 0.797 bits per heavy atom. The lowest BCUT2D eigenvalue weighted by atomic mass is 9.78. The first-order valence-corrected chi connectivity index (χ1v) is 29.6. The summed E-state index contributed by atoms with van der Waals surface area (Å²) in [6, 6.07) is 7.06. The van der Waals surface area contributed by atoms with Gasteiger partial charge < -0.3 is 47.4 Å². The molecule has 69 heavy (non-hydrogen) atoms. The number of nitrogens with zero attached hydrogens (tertiary/aromatic N) is 1. The average molecular weight is 974 g/mol. The monoisotopic (exact) mass is 974 g/mol. The minimum Gasteiger partial charge on any atom is -0.412 e. The van der Waals surface area contributed by atoms with Crippen molar-refractivity contribution in [1.82, 2.24) is 4.90 Å². The van der Waals surface area contributed by atoms with E-state index in [1.54, 1.807) is 24.3 Å². The Balaban J connectivity index is 0.873. The third kappa shape index (κ3) is 8.82. The van der Waals surface area contributed by atoms with Gasteiger partial charge in [-0.25, -0.2) is 0 Å². The lowest BCUT2D eigenvalue weighted by Crippen LogP contribution is -2.61. The zero-order valence-electron chi connectivity index (χ0n) is 42.4. The van der Waals surface area contributed by atoms with E-state index in [2.05, 4.69) is 67.8 Å². The number of rotatable bonds is 6. The summed E-state index contributed by atoms with van der Waals surface area (Å²) in [5.41, 5.74) is 2.58. The highest BCUT2D eigenvalue weighted by atomic mass is 28.4. The van der Waals surface area contributed by atoms with Crippen molar-refractivity contribution in [3.63, 3.8) is 0 Å². The SMILES string of the molecule is C=C1C[C@@H]2CC[C@@]34C[C@]5(C)O[C@H]6[C@@H](O3)[C@H]3O[C@H](CC[C@@H]3O[C@H]6[C@H]5O4)CC(O)CC3[C@@H](C)C(C[C@@H](CN4C(=O)c5ccccc5C4=O)O[Si](C)(C)C(C)(C)C)O[C@H]3CC3O[C@@H](CCC1O2)C[C@@H](C)C3=C. The Bertz CT molecular complexity index is 2140. The van der Waals surface area contributed by atoms with Crippen molar-refractivity contribution in [1.29, 1.82) is 0 Å². The van der Waals surface area contributed by atoms with Crippen LogP contribution in [0, 0.1) is 17.8 Å². The highest BCUT2D eigenvalue weighted by Crippen LogP contribution is 2.59. The smallest absolute Gasteiger partial charge is 0.261 e. The van der Waals surface area contributed by atoms with E-state index < -0.39 is 31.9 Å². The maximum absolute atomic E-state index is 13.8. The molecule has 1 spiro atoms. The predicted octanol–water partition coefficient (Wildman–Crippen LogP) is 8.61. The Morgan fingerprint density at radius 3 is 2.23 bits per heavy atom. The van der Waals surface area contributed by atoms with Crippen LogP contribution in [0.2, 0.25) is 18.1 Å². The number of imide groups is 1. The van der Waals surface area contributed by atoms with Crippen molar-refractivity contribution in [3.05, 3.63) is 59.7 Å². The topological polar surface area (TPSA) is 141 Å². The second kappa shape index (κ2) is 18.0. The number of carbonyl (C=O) groups is 2. The summed E-state index contributed by atoms with van der Waals surface area (Å²) < 4.78 is 63.1. The van der Waals surface area contributed by atoms with Gasteiger partial charge in [-0.3, -0.25) is 14.5 Å². The molecule has 380 valence electrons. The second-order valence-corrected chi connectivity index (χ2v) is 29.6. The molecule has 13 nitrogen and oxygen atoms in total. The van der Waals surface area contributed by atoms with Crippen LogP contribution in [-0.2, 0) is 42.3 Å². The fourth-order valence-corrected chi connectivity index (χ4v) is 15.5. The maximum Gasteiger partial charge on any atom is 0.261 e. The van der Waals surface area contributed by atoms with Gasteiger partial charge >= 0.3 is 0 Å². The molecule has 0 radical (unpaired) electrons.